The number of hydrogen-bond acceptors (Lipinski definition) is 4. The van der Waals surface area contributed by atoms with E-state index in [1.165, 1.54) is 10.4 Å². The molecule has 1 aromatic carbocycles. The summed E-state index contributed by atoms with van der Waals surface area (Å²) >= 11 is 0. The summed E-state index contributed by atoms with van der Waals surface area (Å²) < 4.78 is 27.3. The zero-order valence-corrected chi connectivity index (χ0v) is 15.3. The van der Waals surface area contributed by atoms with Crippen molar-refractivity contribution >= 4 is 21.7 Å². The Labute approximate surface area is 148 Å². The van der Waals surface area contributed by atoms with Gasteiger partial charge in [-0.2, -0.15) is 4.31 Å². The van der Waals surface area contributed by atoms with Gasteiger partial charge in [-0.15, -0.1) is 0 Å². The fourth-order valence-electron chi connectivity index (χ4n) is 3.45. The van der Waals surface area contributed by atoms with Crippen molar-refractivity contribution < 1.29 is 18.0 Å². The highest BCUT2D eigenvalue weighted by molar-refractivity contribution is 7.89. The number of benzene rings is 1. The number of Topliss-reactive ketones (excluding diaryl/α,β-unsaturated/α-hetero) is 1. The van der Waals surface area contributed by atoms with Crippen molar-refractivity contribution in [1.29, 1.82) is 0 Å². The maximum Gasteiger partial charge on any atom is 0.253 e. The largest absolute Gasteiger partial charge is 0.338 e. The summed E-state index contributed by atoms with van der Waals surface area (Å²) in [6.45, 7) is 3.91. The second-order valence-corrected chi connectivity index (χ2v) is 8.91. The van der Waals surface area contributed by atoms with Gasteiger partial charge in [0, 0.05) is 44.6 Å². The summed E-state index contributed by atoms with van der Waals surface area (Å²) in [6, 6.07) is 6.26. The lowest BCUT2D eigenvalue weighted by atomic mass is 10.0. The highest BCUT2D eigenvalue weighted by atomic mass is 32.2. The lowest BCUT2D eigenvalue weighted by Crippen LogP contribution is -2.40. The van der Waals surface area contributed by atoms with E-state index in [1.54, 1.807) is 23.1 Å². The molecule has 6 nitrogen and oxygen atoms in total. The SMILES string of the molecule is CC1CCCN(S(=O)(=O)c2cccc(C(=O)N3CCC(=O)CC3)c2)C1. The molecule has 3 rings (SSSR count). The van der Waals surface area contributed by atoms with E-state index in [0.717, 1.165) is 12.8 Å². The van der Waals surface area contributed by atoms with Crippen molar-refractivity contribution in [2.45, 2.75) is 37.5 Å². The number of ketones is 1. The van der Waals surface area contributed by atoms with Crippen LogP contribution in [0.3, 0.4) is 0 Å². The second-order valence-electron chi connectivity index (χ2n) is 6.97. The topological polar surface area (TPSA) is 74.8 Å². The highest BCUT2D eigenvalue weighted by Crippen LogP contribution is 2.24. The summed E-state index contributed by atoms with van der Waals surface area (Å²) in [7, 11) is -3.58. The number of sulfonamides is 1. The van der Waals surface area contributed by atoms with Crippen LogP contribution in [0.15, 0.2) is 29.2 Å². The Morgan fingerprint density at radius 3 is 2.56 bits per heavy atom. The average Bonchev–Trinajstić information content (AvgIpc) is 2.62. The molecule has 0 saturated carbocycles. The number of carbonyl (C=O) groups excluding carboxylic acids is 2. The highest BCUT2D eigenvalue weighted by Gasteiger charge is 2.29. The van der Waals surface area contributed by atoms with Gasteiger partial charge in [0.2, 0.25) is 10.0 Å². The van der Waals surface area contributed by atoms with E-state index in [0.29, 0.717) is 50.5 Å². The standard InChI is InChI=1S/C18H24N2O4S/c1-14-4-3-9-20(13-14)25(23,24)17-6-2-5-15(12-17)18(22)19-10-7-16(21)8-11-19/h2,5-6,12,14H,3-4,7-11,13H2,1H3. The minimum atomic E-state index is -3.58. The van der Waals surface area contributed by atoms with Crippen LogP contribution in [0.5, 0.6) is 0 Å². The normalized spacial score (nSPS) is 22.8. The van der Waals surface area contributed by atoms with Crippen molar-refractivity contribution in [3.63, 3.8) is 0 Å². The van der Waals surface area contributed by atoms with E-state index in [4.69, 9.17) is 0 Å². The van der Waals surface area contributed by atoms with E-state index in [2.05, 4.69) is 6.92 Å². The first kappa shape index (κ1) is 18.1. The molecule has 25 heavy (non-hydrogen) atoms. The van der Waals surface area contributed by atoms with Gasteiger partial charge in [0.15, 0.2) is 0 Å². The number of nitrogens with zero attached hydrogens (tertiary/aromatic N) is 2. The molecule has 2 fully saturated rings. The molecule has 2 saturated heterocycles. The lowest BCUT2D eigenvalue weighted by molar-refractivity contribution is -0.120. The Balaban J connectivity index is 1.81. The fourth-order valence-corrected chi connectivity index (χ4v) is 5.09. The molecule has 1 unspecified atom stereocenters. The number of piperidine rings is 2. The maximum absolute atomic E-state index is 12.9. The van der Waals surface area contributed by atoms with Crippen LogP contribution < -0.4 is 0 Å². The van der Waals surface area contributed by atoms with E-state index >= 15 is 0 Å². The maximum atomic E-state index is 12.9. The summed E-state index contributed by atoms with van der Waals surface area (Å²) in [5.74, 6) is 0.301. The van der Waals surface area contributed by atoms with Crippen LogP contribution >= 0.6 is 0 Å². The third-order valence-corrected chi connectivity index (χ3v) is 6.81. The van der Waals surface area contributed by atoms with E-state index in [9.17, 15) is 18.0 Å². The number of rotatable bonds is 3. The molecule has 1 atom stereocenters. The minimum absolute atomic E-state index is 0.166. The quantitative estimate of drug-likeness (QED) is 0.821. The van der Waals surface area contributed by atoms with Gasteiger partial charge in [0.05, 0.1) is 4.90 Å². The molecule has 0 N–H and O–H groups in total. The fraction of sp³-hybridized carbons (Fsp3) is 0.556. The third kappa shape index (κ3) is 3.93. The van der Waals surface area contributed by atoms with E-state index < -0.39 is 10.0 Å². The molecule has 0 bridgehead atoms. The van der Waals surface area contributed by atoms with Gasteiger partial charge >= 0.3 is 0 Å². The summed E-state index contributed by atoms with van der Waals surface area (Å²) in [6.07, 6.45) is 2.64. The van der Waals surface area contributed by atoms with Gasteiger partial charge in [-0.1, -0.05) is 13.0 Å². The molecule has 1 aromatic rings. The molecule has 136 valence electrons. The van der Waals surface area contributed by atoms with E-state index in [-0.39, 0.29) is 16.6 Å². The summed E-state index contributed by atoms with van der Waals surface area (Å²) in [4.78, 5) is 25.7. The zero-order chi connectivity index (χ0) is 18.0. The zero-order valence-electron chi connectivity index (χ0n) is 14.5. The molecule has 0 spiro atoms. The van der Waals surface area contributed by atoms with Crippen LogP contribution in [0.25, 0.3) is 0 Å². The third-order valence-electron chi connectivity index (χ3n) is 4.95. The molecular formula is C18H24N2O4S. The molecule has 2 heterocycles. The van der Waals surface area contributed by atoms with Crippen LogP contribution in [0, 0.1) is 5.92 Å². The second kappa shape index (κ2) is 7.25. The molecule has 7 heteroatoms. The monoisotopic (exact) mass is 364 g/mol. The van der Waals surface area contributed by atoms with E-state index in [1.807, 2.05) is 0 Å². The Morgan fingerprint density at radius 1 is 1.16 bits per heavy atom. The molecule has 2 aliphatic heterocycles. The van der Waals surface area contributed by atoms with Crippen molar-refractivity contribution in [3.05, 3.63) is 29.8 Å². The number of amides is 1. The number of hydrogen-bond donors (Lipinski definition) is 0. The van der Waals surface area contributed by atoms with Gasteiger partial charge in [-0.05, 0) is 37.0 Å². The Morgan fingerprint density at radius 2 is 1.88 bits per heavy atom. The molecule has 2 aliphatic rings. The molecule has 0 radical (unpaired) electrons. The van der Waals surface area contributed by atoms with Gasteiger partial charge in [-0.3, -0.25) is 9.59 Å². The Kier molecular flexibility index (Phi) is 5.24. The Hall–Kier alpha value is -1.73. The first-order chi connectivity index (χ1) is 11.9. The first-order valence-electron chi connectivity index (χ1n) is 8.79. The predicted octanol–water partition coefficient (Wildman–Crippen LogP) is 1.91. The average molecular weight is 364 g/mol. The Bertz CT molecular complexity index is 765. The number of likely N-dealkylation sites (tertiary alicyclic amines) is 1. The van der Waals surface area contributed by atoms with Crippen LogP contribution in [-0.4, -0.2) is 55.5 Å². The molecular weight excluding hydrogens is 340 g/mol. The first-order valence-corrected chi connectivity index (χ1v) is 10.2. The van der Waals surface area contributed by atoms with Crippen molar-refractivity contribution in [3.8, 4) is 0 Å². The summed E-state index contributed by atoms with van der Waals surface area (Å²) in [5, 5.41) is 0. The van der Waals surface area contributed by atoms with Crippen molar-refractivity contribution in [2.24, 2.45) is 5.92 Å². The van der Waals surface area contributed by atoms with Gasteiger partial charge in [0.1, 0.15) is 5.78 Å². The van der Waals surface area contributed by atoms with Crippen LogP contribution in [-0.2, 0) is 14.8 Å². The molecule has 1 amide bonds. The van der Waals surface area contributed by atoms with Gasteiger partial charge < -0.3 is 4.90 Å². The minimum Gasteiger partial charge on any atom is -0.338 e. The van der Waals surface area contributed by atoms with Crippen molar-refractivity contribution in [1.82, 2.24) is 9.21 Å². The molecule has 0 aromatic heterocycles. The van der Waals surface area contributed by atoms with Crippen LogP contribution in [0.1, 0.15) is 43.0 Å². The van der Waals surface area contributed by atoms with Crippen LogP contribution in [0.4, 0.5) is 0 Å². The lowest BCUT2D eigenvalue weighted by Gasteiger charge is -2.30. The molecule has 0 aliphatic carbocycles. The summed E-state index contributed by atoms with van der Waals surface area (Å²) in [5.41, 5.74) is 0.362. The van der Waals surface area contributed by atoms with Gasteiger partial charge in [-0.25, -0.2) is 8.42 Å². The smallest absolute Gasteiger partial charge is 0.253 e. The van der Waals surface area contributed by atoms with Gasteiger partial charge in [0.25, 0.3) is 5.91 Å². The predicted molar refractivity (Wildman–Crippen MR) is 93.7 cm³/mol. The van der Waals surface area contributed by atoms with Crippen LogP contribution in [0.2, 0.25) is 0 Å². The number of carbonyl (C=O) groups is 2. The van der Waals surface area contributed by atoms with Crippen molar-refractivity contribution in [2.75, 3.05) is 26.2 Å².